The van der Waals surface area contributed by atoms with Gasteiger partial charge in [-0.3, -0.25) is 4.79 Å². The zero-order chi connectivity index (χ0) is 25.5. The number of hydrogen-bond donors (Lipinski definition) is 2. The number of benzene rings is 4. The quantitative estimate of drug-likeness (QED) is 0.219. The van der Waals surface area contributed by atoms with Crippen LogP contribution in [0, 0.1) is 0 Å². The van der Waals surface area contributed by atoms with Gasteiger partial charge in [0, 0.05) is 17.4 Å². The third-order valence-electron chi connectivity index (χ3n) is 5.15. The highest BCUT2D eigenvalue weighted by atomic mass is 16.5. The van der Waals surface area contributed by atoms with Gasteiger partial charge >= 0.3 is 0 Å². The molecule has 7 nitrogen and oxygen atoms in total. The molecule has 0 bridgehead atoms. The highest BCUT2D eigenvalue weighted by molar-refractivity contribution is 5.93. The SMILES string of the molecule is O=C(CNc1ccc(OCCOc2ccccc2)cc1)Nc1cccc(OCCOc2ccccc2)c1. The van der Waals surface area contributed by atoms with Crippen molar-refractivity contribution < 1.29 is 23.7 Å². The Kier molecular flexibility index (Phi) is 9.66. The maximum Gasteiger partial charge on any atom is 0.243 e. The molecule has 0 heterocycles. The van der Waals surface area contributed by atoms with Crippen molar-refractivity contribution in [2.24, 2.45) is 0 Å². The fourth-order valence-corrected chi connectivity index (χ4v) is 3.39. The molecule has 4 aromatic rings. The Labute approximate surface area is 217 Å². The summed E-state index contributed by atoms with van der Waals surface area (Å²) in [4.78, 5) is 12.4. The van der Waals surface area contributed by atoms with Crippen LogP contribution in [0.2, 0.25) is 0 Å². The van der Waals surface area contributed by atoms with Gasteiger partial charge in [0.25, 0.3) is 0 Å². The van der Waals surface area contributed by atoms with Crippen LogP contribution in [0.3, 0.4) is 0 Å². The fourth-order valence-electron chi connectivity index (χ4n) is 3.39. The van der Waals surface area contributed by atoms with E-state index in [-0.39, 0.29) is 12.5 Å². The second kappa shape index (κ2) is 14.0. The second-order valence-electron chi connectivity index (χ2n) is 7.97. The summed E-state index contributed by atoms with van der Waals surface area (Å²) in [7, 11) is 0. The van der Waals surface area contributed by atoms with Crippen molar-refractivity contribution in [3.8, 4) is 23.0 Å². The molecule has 2 N–H and O–H groups in total. The van der Waals surface area contributed by atoms with Crippen LogP contribution in [0.15, 0.2) is 109 Å². The van der Waals surface area contributed by atoms with E-state index < -0.39 is 0 Å². The maximum absolute atomic E-state index is 12.4. The van der Waals surface area contributed by atoms with E-state index in [9.17, 15) is 4.79 Å². The fraction of sp³-hybridized carbons (Fsp3) is 0.167. The maximum atomic E-state index is 12.4. The van der Waals surface area contributed by atoms with Gasteiger partial charge in [0.1, 0.15) is 49.4 Å². The van der Waals surface area contributed by atoms with Gasteiger partial charge in [-0.2, -0.15) is 0 Å². The minimum Gasteiger partial charge on any atom is -0.490 e. The molecule has 0 aliphatic heterocycles. The van der Waals surface area contributed by atoms with Crippen LogP contribution in [-0.2, 0) is 4.79 Å². The first-order chi connectivity index (χ1) is 18.2. The predicted molar refractivity (Wildman–Crippen MR) is 145 cm³/mol. The number of hydrogen-bond acceptors (Lipinski definition) is 6. The summed E-state index contributed by atoms with van der Waals surface area (Å²) in [5, 5.41) is 5.99. The molecule has 4 rings (SSSR count). The van der Waals surface area contributed by atoms with E-state index in [0.29, 0.717) is 37.9 Å². The van der Waals surface area contributed by atoms with Gasteiger partial charge in [-0.1, -0.05) is 42.5 Å². The number of ether oxygens (including phenoxy) is 4. The lowest BCUT2D eigenvalue weighted by molar-refractivity contribution is -0.114. The largest absolute Gasteiger partial charge is 0.490 e. The molecule has 0 unspecified atom stereocenters. The number of rotatable bonds is 14. The number of anilines is 2. The van der Waals surface area contributed by atoms with Gasteiger partial charge in [-0.05, 0) is 60.7 Å². The smallest absolute Gasteiger partial charge is 0.243 e. The van der Waals surface area contributed by atoms with E-state index in [1.807, 2.05) is 103 Å². The average Bonchev–Trinajstić information content (AvgIpc) is 2.94. The minimum atomic E-state index is -0.164. The van der Waals surface area contributed by atoms with Crippen LogP contribution >= 0.6 is 0 Å². The summed E-state index contributed by atoms with van der Waals surface area (Å²) in [6, 6.07) is 33.9. The van der Waals surface area contributed by atoms with Gasteiger partial charge in [0.15, 0.2) is 0 Å². The lowest BCUT2D eigenvalue weighted by atomic mass is 10.3. The third kappa shape index (κ3) is 9.14. The van der Waals surface area contributed by atoms with Gasteiger partial charge < -0.3 is 29.6 Å². The van der Waals surface area contributed by atoms with Crippen molar-refractivity contribution in [1.82, 2.24) is 0 Å². The lowest BCUT2D eigenvalue weighted by Gasteiger charge is -2.11. The minimum absolute atomic E-state index is 0.126. The Morgan fingerprint density at radius 1 is 0.514 bits per heavy atom. The van der Waals surface area contributed by atoms with E-state index in [1.165, 1.54) is 0 Å². The first-order valence-electron chi connectivity index (χ1n) is 12.1. The van der Waals surface area contributed by atoms with Crippen molar-refractivity contribution in [1.29, 1.82) is 0 Å². The second-order valence-corrected chi connectivity index (χ2v) is 7.97. The van der Waals surface area contributed by atoms with Gasteiger partial charge in [0.05, 0.1) is 6.54 Å². The first kappa shape index (κ1) is 25.4. The van der Waals surface area contributed by atoms with E-state index in [0.717, 1.165) is 22.9 Å². The zero-order valence-electron chi connectivity index (χ0n) is 20.5. The van der Waals surface area contributed by atoms with Crippen molar-refractivity contribution in [2.75, 3.05) is 43.6 Å². The molecular weight excluding hydrogens is 468 g/mol. The third-order valence-corrected chi connectivity index (χ3v) is 5.15. The van der Waals surface area contributed by atoms with Crippen LogP contribution < -0.4 is 29.6 Å². The van der Waals surface area contributed by atoms with Crippen LogP contribution in [0.25, 0.3) is 0 Å². The van der Waals surface area contributed by atoms with Crippen molar-refractivity contribution in [3.05, 3.63) is 109 Å². The predicted octanol–water partition coefficient (Wildman–Crippen LogP) is 5.65. The number of carbonyl (C=O) groups is 1. The van der Waals surface area contributed by atoms with E-state index in [2.05, 4.69) is 10.6 Å². The molecule has 0 atom stereocenters. The summed E-state index contributed by atoms with van der Waals surface area (Å²) in [6.07, 6.45) is 0. The molecule has 0 aromatic heterocycles. The molecule has 0 fully saturated rings. The molecule has 37 heavy (non-hydrogen) atoms. The molecule has 190 valence electrons. The van der Waals surface area contributed by atoms with Gasteiger partial charge in [0.2, 0.25) is 5.91 Å². The molecule has 7 heteroatoms. The molecule has 0 aliphatic rings. The lowest BCUT2D eigenvalue weighted by Crippen LogP contribution is -2.21. The van der Waals surface area contributed by atoms with Crippen molar-refractivity contribution in [2.45, 2.75) is 0 Å². The molecular formula is C30H30N2O5. The van der Waals surface area contributed by atoms with E-state index in [4.69, 9.17) is 18.9 Å². The van der Waals surface area contributed by atoms with Crippen molar-refractivity contribution in [3.63, 3.8) is 0 Å². The molecule has 0 spiro atoms. The Bertz CT molecular complexity index is 1220. The summed E-state index contributed by atoms with van der Waals surface area (Å²) in [5.74, 6) is 2.85. The molecule has 1 amide bonds. The summed E-state index contributed by atoms with van der Waals surface area (Å²) < 4.78 is 22.7. The topological polar surface area (TPSA) is 78.1 Å². The van der Waals surface area contributed by atoms with Crippen LogP contribution in [0.4, 0.5) is 11.4 Å². The van der Waals surface area contributed by atoms with Gasteiger partial charge in [-0.25, -0.2) is 0 Å². The van der Waals surface area contributed by atoms with Crippen LogP contribution in [0.1, 0.15) is 0 Å². The summed E-state index contributed by atoms with van der Waals surface area (Å²) in [6.45, 7) is 1.84. The Balaban J connectivity index is 1.13. The normalized spacial score (nSPS) is 10.3. The van der Waals surface area contributed by atoms with Crippen LogP contribution in [0.5, 0.6) is 23.0 Å². The molecule has 0 aliphatic carbocycles. The summed E-state index contributed by atoms with van der Waals surface area (Å²) in [5.41, 5.74) is 1.48. The van der Waals surface area contributed by atoms with Gasteiger partial charge in [-0.15, -0.1) is 0 Å². The summed E-state index contributed by atoms with van der Waals surface area (Å²) >= 11 is 0. The standard InChI is InChI=1S/C30H30N2O5/c33-30(32-25-8-7-13-29(22-25)37-21-20-35-27-11-5-2-6-12-27)23-31-24-14-16-28(17-15-24)36-19-18-34-26-9-3-1-4-10-26/h1-17,22,31H,18-21,23H2,(H,32,33). The Morgan fingerprint density at radius 3 is 1.57 bits per heavy atom. The highest BCUT2D eigenvalue weighted by Crippen LogP contribution is 2.18. The molecule has 0 saturated heterocycles. The Hall–Kier alpha value is -4.65. The van der Waals surface area contributed by atoms with E-state index >= 15 is 0 Å². The first-order valence-corrected chi connectivity index (χ1v) is 12.1. The number of nitrogens with one attached hydrogen (secondary N) is 2. The monoisotopic (exact) mass is 498 g/mol. The van der Waals surface area contributed by atoms with Crippen LogP contribution in [-0.4, -0.2) is 38.9 Å². The Morgan fingerprint density at radius 2 is 1.00 bits per heavy atom. The highest BCUT2D eigenvalue weighted by Gasteiger charge is 2.05. The number of amides is 1. The zero-order valence-corrected chi connectivity index (χ0v) is 20.5. The van der Waals surface area contributed by atoms with Crippen molar-refractivity contribution >= 4 is 17.3 Å². The molecule has 0 saturated carbocycles. The molecule has 0 radical (unpaired) electrons. The number of para-hydroxylation sites is 2. The molecule has 4 aromatic carbocycles. The number of carbonyl (C=O) groups excluding carboxylic acids is 1. The van der Waals surface area contributed by atoms with E-state index in [1.54, 1.807) is 6.07 Å². The average molecular weight is 499 g/mol.